The van der Waals surface area contributed by atoms with Gasteiger partial charge in [0.25, 0.3) is 10.0 Å². The summed E-state index contributed by atoms with van der Waals surface area (Å²) in [5.41, 5.74) is 2.09. The van der Waals surface area contributed by atoms with E-state index < -0.39 is 16.0 Å². The Balaban J connectivity index is 0.00000280. The van der Waals surface area contributed by atoms with Gasteiger partial charge in [-0.25, -0.2) is 8.42 Å². The van der Waals surface area contributed by atoms with Crippen LogP contribution >= 0.6 is 11.6 Å². The summed E-state index contributed by atoms with van der Waals surface area (Å²) in [6.45, 7) is 0.568. The van der Waals surface area contributed by atoms with E-state index in [1.165, 1.54) is 17.4 Å². The van der Waals surface area contributed by atoms with Crippen molar-refractivity contribution >= 4 is 62.8 Å². The summed E-state index contributed by atoms with van der Waals surface area (Å²) in [5.74, 6) is -0.817. The zero-order valence-corrected chi connectivity index (χ0v) is 19.4. The van der Waals surface area contributed by atoms with E-state index >= 15 is 0 Å². The second kappa shape index (κ2) is 9.61. The third-order valence-corrected chi connectivity index (χ3v) is 6.74. The Morgan fingerprint density at radius 3 is 2.61 bits per heavy atom. The molecule has 0 bridgehead atoms. The second-order valence-corrected chi connectivity index (χ2v) is 8.83. The number of fused-ring (bicyclic) bond motifs is 2. The van der Waals surface area contributed by atoms with E-state index in [4.69, 9.17) is 16.7 Å². The van der Waals surface area contributed by atoms with Gasteiger partial charge in [-0.1, -0.05) is 35.9 Å². The Morgan fingerprint density at radius 1 is 1.18 bits per heavy atom. The maximum absolute atomic E-state index is 13.1. The zero-order valence-electron chi connectivity index (χ0n) is 15.9. The molecule has 0 saturated carbocycles. The molecule has 9 heteroatoms. The summed E-state index contributed by atoms with van der Waals surface area (Å²) >= 11 is 6.08. The Labute approximate surface area is 192 Å². The number of carboxylic acids is 1. The van der Waals surface area contributed by atoms with Gasteiger partial charge < -0.3 is 10.4 Å². The first-order chi connectivity index (χ1) is 12.8. The molecule has 0 saturated heterocycles. The maximum atomic E-state index is 13.1. The molecule has 145 valence electrons. The van der Waals surface area contributed by atoms with E-state index in [2.05, 4.69) is 5.32 Å². The number of halogens is 1. The van der Waals surface area contributed by atoms with Gasteiger partial charge in [0.05, 0.1) is 16.6 Å². The van der Waals surface area contributed by atoms with Gasteiger partial charge in [-0.15, -0.1) is 0 Å². The third-order valence-electron chi connectivity index (χ3n) is 4.68. The molecule has 1 atom stereocenters. The van der Waals surface area contributed by atoms with Gasteiger partial charge in [-0.2, -0.15) is 0 Å². The van der Waals surface area contributed by atoms with Crippen LogP contribution < -0.4 is 9.62 Å². The van der Waals surface area contributed by atoms with Gasteiger partial charge >= 0.3 is 5.97 Å². The maximum Gasteiger partial charge on any atom is 0.303 e. The molecular formula is C19H21ClN2NaO4S. The first-order valence-electron chi connectivity index (χ1n) is 8.65. The third kappa shape index (κ3) is 4.72. The first kappa shape index (κ1) is 23.2. The van der Waals surface area contributed by atoms with Crippen LogP contribution in [0.1, 0.15) is 36.4 Å². The summed E-state index contributed by atoms with van der Waals surface area (Å²) in [7, 11) is -2.21. The fourth-order valence-electron chi connectivity index (χ4n) is 3.30. The summed E-state index contributed by atoms with van der Waals surface area (Å²) in [4.78, 5) is 10.8. The minimum absolute atomic E-state index is 0. The van der Waals surface area contributed by atoms with Crippen molar-refractivity contribution in [1.29, 1.82) is 0 Å². The number of aliphatic carboxylic acids is 1. The molecule has 2 aromatic carbocycles. The van der Waals surface area contributed by atoms with Crippen molar-refractivity contribution < 1.29 is 18.3 Å². The number of carbonyl (C=O) groups is 1. The van der Waals surface area contributed by atoms with Gasteiger partial charge in [0, 0.05) is 48.0 Å². The van der Waals surface area contributed by atoms with Crippen LogP contribution in [0.25, 0.3) is 0 Å². The SMILES string of the molecule is CN1c2ccccc2C(NCCCCC(=O)O)c2ccc(Cl)cc2S1(=O)=O.[Na]. The molecule has 0 amide bonds. The van der Waals surface area contributed by atoms with Crippen LogP contribution in [0, 0.1) is 0 Å². The zero-order chi connectivity index (χ0) is 19.6. The van der Waals surface area contributed by atoms with Crippen molar-refractivity contribution in [3.63, 3.8) is 0 Å². The molecular weight excluding hydrogens is 411 g/mol. The van der Waals surface area contributed by atoms with Crippen LogP contribution in [0.3, 0.4) is 0 Å². The molecule has 1 aliphatic heterocycles. The minimum atomic E-state index is -3.74. The summed E-state index contributed by atoms with van der Waals surface area (Å²) in [6.07, 6.45) is 1.35. The molecule has 1 heterocycles. The van der Waals surface area contributed by atoms with Crippen molar-refractivity contribution in [3.8, 4) is 0 Å². The predicted octanol–water partition coefficient (Wildman–Crippen LogP) is 3.03. The molecule has 1 unspecified atom stereocenters. The van der Waals surface area contributed by atoms with Gasteiger partial charge in [0.15, 0.2) is 0 Å². The molecule has 0 fully saturated rings. The van der Waals surface area contributed by atoms with E-state index in [1.54, 1.807) is 24.3 Å². The number of sulfonamides is 1. The van der Waals surface area contributed by atoms with E-state index in [-0.39, 0.29) is 46.9 Å². The Kier molecular flexibility index (Phi) is 7.96. The number of unbranched alkanes of at least 4 members (excludes halogenated alkanes) is 1. The number of para-hydroxylation sites is 1. The average molecular weight is 432 g/mol. The molecule has 2 aromatic rings. The van der Waals surface area contributed by atoms with E-state index in [9.17, 15) is 13.2 Å². The average Bonchev–Trinajstić information content (AvgIpc) is 2.70. The van der Waals surface area contributed by atoms with Crippen LogP contribution in [-0.2, 0) is 14.8 Å². The summed E-state index contributed by atoms with van der Waals surface area (Å²) < 4.78 is 27.5. The number of hydrogen-bond acceptors (Lipinski definition) is 4. The molecule has 0 aliphatic carbocycles. The number of hydrogen-bond donors (Lipinski definition) is 2. The molecule has 6 nitrogen and oxygen atoms in total. The van der Waals surface area contributed by atoms with Gasteiger partial charge in [0.2, 0.25) is 0 Å². The quantitative estimate of drug-likeness (QED) is 0.542. The second-order valence-electron chi connectivity index (χ2n) is 6.45. The van der Waals surface area contributed by atoms with Gasteiger partial charge in [-0.3, -0.25) is 9.10 Å². The molecule has 0 spiro atoms. The number of carboxylic acid groups (broad SMARTS) is 1. The first-order valence-corrected chi connectivity index (χ1v) is 10.5. The number of benzene rings is 2. The molecule has 3 rings (SSSR count). The smallest absolute Gasteiger partial charge is 0.303 e. The Morgan fingerprint density at radius 2 is 1.89 bits per heavy atom. The monoisotopic (exact) mass is 431 g/mol. The molecule has 1 aliphatic rings. The Hall–Kier alpha value is -1.09. The van der Waals surface area contributed by atoms with Crippen molar-refractivity contribution in [1.82, 2.24) is 5.32 Å². The van der Waals surface area contributed by atoms with Crippen molar-refractivity contribution in [2.75, 3.05) is 17.9 Å². The number of nitrogens with one attached hydrogen (secondary N) is 1. The van der Waals surface area contributed by atoms with Gasteiger partial charge in [-0.05, 0) is 48.7 Å². The topological polar surface area (TPSA) is 86.7 Å². The largest absolute Gasteiger partial charge is 0.481 e. The van der Waals surface area contributed by atoms with Crippen LogP contribution in [0.15, 0.2) is 47.4 Å². The molecule has 2 N–H and O–H groups in total. The summed E-state index contributed by atoms with van der Waals surface area (Å²) in [5, 5.41) is 12.5. The normalized spacial score (nSPS) is 17.1. The number of anilines is 1. The minimum Gasteiger partial charge on any atom is -0.481 e. The molecule has 0 aromatic heterocycles. The van der Waals surface area contributed by atoms with Crippen molar-refractivity contribution in [3.05, 3.63) is 58.6 Å². The molecule has 1 radical (unpaired) electrons. The molecule has 28 heavy (non-hydrogen) atoms. The fourth-order valence-corrected chi connectivity index (χ4v) is 5.02. The van der Waals surface area contributed by atoms with Gasteiger partial charge in [0.1, 0.15) is 0 Å². The fraction of sp³-hybridized carbons (Fsp3) is 0.316. The van der Waals surface area contributed by atoms with Crippen LogP contribution in [0.4, 0.5) is 5.69 Å². The van der Waals surface area contributed by atoms with Crippen molar-refractivity contribution in [2.24, 2.45) is 0 Å². The van der Waals surface area contributed by atoms with E-state index in [0.29, 0.717) is 35.7 Å². The van der Waals surface area contributed by atoms with Crippen LogP contribution in [-0.4, -0.2) is 62.6 Å². The van der Waals surface area contributed by atoms with E-state index in [0.717, 1.165) is 5.56 Å². The Bertz CT molecular complexity index is 968. The number of rotatable bonds is 6. The van der Waals surface area contributed by atoms with E-state index in [1.807, 2.05) is 12.1 Å². The summed E-state index contributed by atoms with van der Waals surface area (Å²) in [6, 6.07) is 11.9. The van der Waals surface area contributed by atoms with Crippen LogP contribution in [0.2, 0.25) is 5.02 Å². The van der Waals surface area contributed by atoms with Crippen molar-refractivity contribution in [2.45, 2.75) is 30.2 Å². The standard InChI is InChI=1S/C19H21ClN2O4S.Na/c1-22-16-7-3-2-6-14(16)19(21-11-5-4-8-18(23)24)15-10-9-13(20)12-17(15)27(22,25)26;/h2-3,6-7,9-10,12,19,21H,4-5,8,11H2,1H3,(H,23,24);. The number of nitrogens with zero attached hydrogens (tertiary/aromatic N) is 1. The van der Waals surface area contributed by atoms with Crippen LogP contribution in [0.5, 0.6) is 0 Å². The predicted molar refractivity (Wildman–Crippen MR) is 111 cm³/mol.